The van der Waals surface area contributed by atoms with Gasteiger partial charge in [-0.05, 0) is 11.6 Å². The summed E-state index contributed by atoms with van der Waals surface area (Å²) < 4.78 is 0. The number of carbonyl (C=O) groups is 1. The van der Waals surface area contributed by atoms with Crippen LogP contribution in [0, 0.1) is 0 Å². The molecule has 3 N–H and O–H groups in total. The first-order valence-corrected chi connectivity index (χ1v) is 3.71. The van der Waals surface area contributed by atoms with Gasteiger partial charge in [0.05, 0.1) is 5.56 Å². The summed E-state index contributed by atoms with van der Waals surface area (Å²) in [5.41, 5.74) is 6.39. The predicted molar refractivity (Wildman–Crippen MR) is 48.3 cm³/mol. The summed E-state index contributed by atoms with van der Waals surface area (Å²) in [6, 6.07) is 1.12. The molecule has 0 spiro atoms. The number of nitrogens with zero attached hydrogens (tertiary/aromatic N) is 1. The Balaban J connectivity index is 3.04. The Morgan fingerprint density at radius 3 is 2.92 bits per heavy atom. The molecule has 1 aromatic rings. The zero-order chi connectivity index (χ0) is 9.84. The summed E-state index contributed by atoms with van der Waals surface area (Å²) in [5, 5.41) is 8.66. The maximum atomic E-state index is 10.6. The van der Waals surface area contributed by atoms with E-state index >= 15 is 0 Å². The fraction of sp³-hybridized carbons (Fsp3) is 0.111. The number of carboxylic acids is 1. The topological polar surface area (TPSA) is 76.2 Å². The van der Waals surface area contributed by atoms with Crippen LogP contribution in [0.25, 0.3) is 0 Å². The molecule has 68 valence electrons. The lowest BCUT2D eigenvalue weighted by atomic mass is 10.1. The van der Waals surface area contributed by atoms with E-state index in [1.54, 1.807) is 0 Å². The molecule has 13 heavy (non-hydrogen) atoms. The first kappa shape index (κ1) is 9.41. The Hall–Kier alpha value is -1.68. The van der Waals surface area contributed by atoms with E-state index in [1.165, 1.54) is 24.5 Å². The van der Waals surface area contributed by atoms with Crippen LogP contribution in [0.2, 0.25) is 0 Å². The molecule has 0 saturated heterocycles. The van der Waals surface area contributed by atoms with Gasteiger partial charge >= 0.3 is 5.97 Å². The van der Waals surface area contributed by atoms with E-state index in [4.69, 9.17) is 10.8 Å². The van der Waals surface area contributed by atoms with E-state index in [1.807, 2.05) is 0 Å². The van der Waals surface area contributed by atoms with E-state index in [9.17, 15) is 4.79 Å². The Morgan fingerprint density at radius 1 is 1.69 bits per heavy atom. The second-order valence-electron chi connectivity index (χ2n) is 2.57. The highest BCUT2D eigenvalue weighted by Crippen LogP contribution is 2.11. The summed E-state index contributed by atoms with van der Waals surface area (Å²) in [7, 11) is 0. The summed E-state index contributed by atoms with van der Waals surface area (Å²) in [4.78, 5) is 14.3. The number of aromatic carboxylic acids is 1. The molecule has 0 saturated carbocycles. The number of nitrogens with two attached hydrogens (primary N) is 1. The normalized spacial score (nSPS) is 12.1. The highest BCUT2D eigenvalue weighted by atomic mass is 16.4. The van der Waals surface area contributed by atoms with Crippen molar-refractivity contribution in [1.29, 1.82) is 0 Å². The van der Waals surface area contributed by atoms with Crippen LogP contribution < -0.4 is 5.73 Å². The van der Waals surface area contributed by atoms with Crippen LogP contribution in [-0.2, 0) is 0 Å². The quantitative estimate of drug-likeness (QED) is 0.676. The van der Waals surface area contributed by atoms with Crippen LogP contribution in [0.1, 0.15) is 22.0 Å². The van der Waals surface area contributed by atoms with Gasteiger partial charge in [-0.1, -0.05) is 6.08 Å². The van der Waals surface area contributed by atoms with Gasteiger partial charge < -0.3 is 10.8 Å². The van der Waals surface area contributed by atoms with Gasteiger partial charge in [0.2, 0.25) is 0 Å². The van der Waals surface area contributed by atoms with Gasteiger partial charge in [-0.3, -0.25) is 4.98 Å². The molecule has 1 unspecified atom stereocenters. The maximum Gasteiger partial charge on any atom is 0.337 e. The van der Waals surface area contributed by atoms with Crippen molar-refractivity contribution in [3.8, 4) is 0 Å². The fourth-order valence-electron chi connectivity index (χ4n) is 0.893. The first-order chi connectivity index (χ1) is 6.15. The molecule has 1 aromatic heterocycles. The minimum Gasteiger partial charge on any atom is -0.478 e. The van der Waals surface area contributed by atoms with Crippen molar-refractivity contribution in [2.75, 3.05) is 0 Å². The molecule has 0 radical (unpaired) electrons. The second kappa shape index (κ2) is 3.82. The standard InChI is InChI=1S/C9H10N2O2/c1-2-8(10)6-3-7(9(12)13)5-11-4-6/h2-5,8H,1,10H2,(H,12,13). The number of carboxylic acid groups (broad SMARTS) is 1. The molecule has 0 aliphatic rings. The highest BCUT2D eigenvalue weighted by Gasteiger charge is 2.06. The lowest BCUT2D eigenvalue weighted by Gasteiger charge is -2.05. The molecule has 0 aromatic carbocycles. The third-order valence-corrected chi connectivity index (χ3v) is 1.65. The number of hydrogen-bond acceptors (Lipinski definition) is 3. The minimum absolute atomic E-state index is 0.134. The van der Waals surface area contributed by atoms with Gasteiger partial charge in [0.1, 0.15) is 0 Å². The SMILES string of the molecule is C=CC(N)c1cncc(C(=O)O)c1. The summed E-state index contributed by atoms with van der Waals surface area (Å²) in [5.74, 6) is -1.01. The summed E-state index contributed by atoms with van der Waals surface area (Å²) >= 11 is 0. The smallest absolute Gasteiger partial charge is 0.337 e. The molecule has 4 heteroatoms. The molecule has 0 aliphatic heterocycles. The van der Waals surface area contributed by atoms with Gasteiger partial charge in [-0.2, -0.15) is 0 Å². The fourth-order valence-corrected chi connectivity index (χ4v) is 0.893. The van der Waals surface area contributed by atoms with Gasteiger partial charge in [-0.25, -0.2) is 4.79 Å². The van der Waals surface area contributed by atoms with Crippen molar-refractivity contribution in [3.05, 3.63) is 42.2 Å². The number of rotatable bonds is 3. The van der Waals surface area contributed by atoms with Crippen LogP contribution in [0.15, 0.2) is 31.1 Å². The lowest BCUT2D eigenvalue weighted by molar-refractivity contribution is 0.0696. The van der Waals surface area contributed by atoms with E-state index in [-0.39, 0.29) is 11.6 Å². The molecule has 1 heterocycles. The Bertz CT molecular complexity index is 336. The molecule has 0 amide bonds. The first-order valence-electron chi connectivity index (χ1n) is 3.71. The van der Waals surface area contributed by atoms with Crippen molar-refractivity contribution in [2.45, 2.75) is 6.04 Å². The van der Waals surface area contributed by atoms with Crippen LogP contribution in [0.3, 0.4) is 0 Å². The molecule has 0 bridgehead atoms. The molecule has 4 nitrogen and oxygen atoms in total. The number of aromatic nitrogens is 1. The molecular weight excluding hydrogens is 168 g/mol. The summed E-state index contributed by atoms with van der Waals surface area (Å²) in [6.45, 7) is 3.51. The monoisotopic (exact) mass is 178 g/mol. The van der Waals surface area contributed by atoms with Gasteiger partial charge in [0.25, 0.3) is 0 Å². The Labute approximate surface area is 75.7 Å². The molecule has 1 rings (SSSR count). The van der Waals surface area contributed by atoms with Crippen molar-refractivity contribution >= 4 is 5.97 Å². The van der Waals surface area contributed by atoms with Crippen LogP contribution in [0.5, 0.6) is 0 Å². The van der Waals surface area contributed by atoms with E-state index in [0.717, 1.165) is 0 Å². The maximum absolute atomic E-state index is 10.6. The van der Waals surface area contributed by atoms with Crippen molar-refractivity contribution in [1.82, 2.24) is 4.98 Å². The van der Waals surface area contributed by atoms with Crippen molar-refractivity contribution in [3.63, 3.8) is 0 Å². The van der Waals surface area contributed by atoms with Gasteiger partial charge in [0, 0.05) is 18.4 Å². The largest absolute Gasteiger partial charge is 0.478 e. The zero-order valence-corrected chi connectivity index (χ0v) is 6.97. The number of pyridine rings is 1. The van der Waals surface area contributed by atoms with Gasteiger partial charge in [-0.15, -0.1) is 6.58 Å². The second-order valence-corrected chi connectivity index (χ2v) is 2.57. The molecule has 1 atom stereocenters. The van der Waals surface area contributed by atoms with E-state index in [2.05, 4.69) is 11.6 Å². The molecule has 0 fully saturated rings. The Kier molecular flexibility index (Phi) is 2.76. The highest BCUT2D eigenvalue weighted by molar-refractivity contribution is 5.87. The van der Waals surface area contributed by atoms with E-state index in [0.29, 0.717) is 5.56 Å². The average molecular weight is 178 g/mol. The third-order valence-electron chi connectivity index (χ3n) is 1.65. The minimum atomic E-state index is -1.01. The summed E-state index contributed by atoms with van der Waals surface area (Å²) in [6.07, 6.45) is 4.34. The van der Waals surface area contributed by atoms with Crippen LogP contribution in [0.4, 0.5) is 0 Å². The third kappa shape index (κ3) is 2.13. The Morgan fingerprint density at radius 2 is 2.38 bits per heavy atom. The lowest BCUT2D eigenvalue weighted by Crippen LogP contribution is -2.08. The predicted octanol–water partition coefficient (Wildman–Crippen LogP) is 0.966. The van der Waals surface area contributed by atoms with Crippen molar-refractivity contribution in [2.24, 2.45) is 5.73 Å². The number of hydrogen-bond donors (Lipinski definition) is 2. The molecule has 0 aliphatic carbocycles. The van der Waals surface area contributed by atoms with Crippen LogP contribution >= 0.6 is 0 Å². The average Bonchev–Trinajstić information content (AvgIpc) is 2.17. The van der Waals surface area contributed by atoms with E-state index < -0.39 is 5.97 Å². The van der Waals surface area contributed by atoms with Crippen molar-refractivity contribution < 1.29 is 9.90 Å². The van der Waals surface area contributed by atoms with Gasteiger partial charge in [0.15, 0.2) is 0 Å². The zero-order valence-electron chi connectivity index (χ0n) is 6.97. The van der Waals surface area contributed by atoms with Crippen LogP contribution in [-0.4, -0.2) is 16.1 Å². The molecular formula is C9H10N2O2.